The largest absolute Gasteiger partial charge is 0.454 e. The summed E-state index contributed by atoms with van der Waals surface area (Å²) in [5.41, 5.74) is 3.29. The van der Waals surface area contributed by atoms with Gasteiger partial charge in [0.1, 0.15) is 5.70 Å². The molecule has 5 nitrogen and oxygen atoms in total. The lowest BCUT2D eigenvalue weighted by Gasteiger charge is -2.18. The minimum absolute atomic E-state index is 0.111. The summed E-state index contributed by atoms with van der Waals surface area (Å²) in [6.45, 7) is 4.42. The highest BCUT2D eigenvalue weighted by atomic mass is 32.2. The van der Waals surface area contributed by atoms with Crippen LogP contribution in [0.1, 0.15) is 30.9 Å². The van der Waals surface area contributed by atoms with E-state index in [-0.39, 0.29) is 12.7 Å². The van der Waals surface area contributed by atoms with Crippen LogP contribution in [0.25, 0.3) is 6.08 Å². The monoisotopic (exact) mass is 394 g/mol. The fourth-order valence-corrected chi connectivity index (χ4v) is 4.08. The fraction of sp³-hybridized carbons (Fsp3) is 0.273. The van der Waals surface area contributed by atoms with Crippen molar-refractivity contribution in [3.63, 3.8) is 0 Å². The molecule has 2 aliphatic rings. The number of anilines is 1. The van der Waals surface area contributed by atoms with Crippen molar-refractivity contribution in [1.29, 1.82) is 0 Å². The molecule has 2 aliphatic heterocycles. The first-order valence-corrected chi connectivity index (χ1v) is 10.4. The van der Waals surface area contributed by atoms with Gasteiger partial charge in [-0.3, -0.25) is 9.69 Å². The molecule has 0 saturated heterocycles. The van der Waals surface area contributed by atoms with E-state index in [9.17, 15) is 4.79 Å². The molecule has 2 aromatic carbocycles. The second kappa shape index (κ2) is 8.10. The Bertz CT molecular complexity index is 951. The van der Waals surface area contributed by atoms with Gasteiger partial charge in [-0.25, -0.2) is 4.99 Å². The predicted octanol–water partition coefficient (Wildman–Crippen LogP) is 5.00. The van der Waals surface area contributed by atoms with E-state index in [0.29, 0.717) is 11.4 Å². The summed E-state index contributed by atoms with van der Waals surface area (Å²) in [4.78, 5) is 19.5. The van der Waals surface area contributed by atoms with Gasteiger partial charge in [-0.2, -0.15) is 0 Å². The van der Waals surface area contributed by atoms with Gasteiger partial charge in [-0.1, -0.05) is 48.9 Å². The van der Waals surface area contributed by atoms with E-state index in [0.717, 1.165) is 46.3 Å². The molecule has 0 aliphatic carbocycles. The van der Waals surface area contributed by atoms with Crippen LogP contribution in [0.5, 0.6) is 11.5 Å². The molecule has 4 rings (SSSR count). The molecule has 0 aromatic heterocycles. The van der Waals surface area contributed by atoms with Crippen LogP contribution in [0.4, 0.5) is 5.69 Å². The predicted molar refractivity (Wildman–Crippen MR) is 114 cm³/mol. The Hall–Kier alpha value is -2.73. The normalized spacial score (nSPS) is 16.8. The summed E-state index contributed by atoms with van der Waals surface area (Å²) in [5, 5.41) is 0.731. The van der Waals surface area contributed by atoms with Crippen LogP contribution in [0.15, 0.2) is 53.2 Å². The third kappa shape index (κ3) is 3.78. The SMILES string of the molecule is CCCCSC1=N/C(=C/c2ccc3c(c2)OCO3)C(=O)N1c1ccc(C)cc1. The molecule has 0 fully saturated rings. The van der Waals surface area contributed by atoms with E-state index in [1.54, 1.807) is 22.7 Å². The highest BCUT2D eigenvalue weighted by Crippen LogP contribution is 2.34. The number of carbonyl (C=O) groups is 1. The third-order valence-corrected chi connectivity index (χ3v) is 5.58. The maximum atomic E-state index is 13.1. The van der Waals surface area contributed by atoms with E-state index in [1.807, 2.05) is 49.4 Å². The smallest absolute Gasteiger partial charge is 0.283 e. The summed E-state index contributed by atoms with van der Waals surface area (Å²) in [7, 11) is 0. The van der Waals surface area contributed by atoms with E-state index in [4.69, 9.17) is 9.47 Å². The Morgan fingerprint density at radius 2 is 1.93 bits per heavy atom. The lowest BCUT2D eigenvalue weighted by atomic mass is 10.1. The molecule has 28 heavy (non-hydrogen) atoms. The number of amides is 1. The first-order valence-electron chi connectivity index (χ1n) is 9.39. The fourth-order valence-electron chi connectivity index (χ4n) is 2.98. The van der Waals surface area contributed by atoms with Crippen molar-refractivity contribution in [3.05, 3.63) is 59.3 Å². The third-order valence-electron chi connectivity index (χ3n) is 4.55. The summed E-state index contributed by atoms with van der Waals surface area (Å²) >= 11 is 1.62. The number of rotatable bonds is 5. The van der Waals surface area contributed by atoms with Gasteiger partial charge in [0.2, 0.25) is 6.79 Å². The highest BCUT2D eigenvalue weighted by Gasteiger charge is 2.31. The van der Waals surface area contributed by atoms with E-state index < -0.39 is 0 Å². The summed E-state index contributed by atoms with van der Waals surface area (Å²) in [5.74, 6) is 2.24. The van der Waals surface area contributed by atoms with E-state index in [1.165, 1.54) is 0 Å². The summed E-state index contributed by atoms with van der Waals surface area (Å²) < 4.78 is 10.8. The number of carbonyl (C=O) groups excluding carboxylic acids is 1. The van der Waals surface area contributed by atoms with Gasteiger partial charge in [0.25, 0.3) is 5.91 Å². The maximum Gasteiger partial charge on any atom is 0.283 e. The van der Waals surface area contributed by atoms with Gasteiger partial charge < -0.3 is 9.47 Å². The van der Waals surface area contributed by atoms with E-state index >= 15 is 0 Å². The second-order valence-electron chi connectivity index (χ2n) is 6.71. The first kappa shape index (κ1) is 18.6. The minimum atomic E-state index is -0.111. The molecule has 0 unspecified atom stereocenters. The van der Waals surface area contributed by atoms with Crippen molar-refractivity contribution in [2.75, 3.05) is 17.4 Å². The van der Waals surface area contributed by atoms with Crippen molar-refractivity contribution in [2.45, 2.75) is 26.7 Å². The Morgan fingerprint density at radius 3 is 2.71 bits per heavy atom. The van der Waals surface area contributed by atoms with Crippen LogP contribution in [0.2, 0.25) is 0 Å². The van der Waals surface area contributed by atoms with Crippen molar-refractivity contribution in [3.8, 4) is 11.5 Å². The molecular formula is C22H22N2O3S. The Labute approximate surface area is 169 Å². The number of hydrogen-bond acceptors (Lipinski definition) is 5. The number of aliphatic imine (C=N–C) groups is 1. The molecule has 2 aromatic rings. The minimum Gasteiger partial charge on any atom is -0.454 e. The lowest BCUT2D eigenvalue weighted by Crippen LogP contribution is -2.30. The Kier molecular flexibility index (Phi) is 5.39. The summed E-state index contributed by atoms with van der Waals surface area (Å²) in [6.07, 6.45) is 4.00. The quantitative estimate of drug-likeness (QED) is 0.529. The van der Waals surface area contributed by atoms with Crippen molar-refractivity contribution in [2.24, 2.45) is 4.99 Å². The van der Waals surface area contributed by atoms with Gasteiger partial charge in [0, 0.05) is 5.75 Å². The van der Waals surface area contributed by atoms with Crippen LogP contribution in [0, 0.1) is 6.92 Å². The molecule has 0 N–H and O–H groups in total. The van der Waals surface area contributed by atoms with Crippen molar-refractivity contribution >= 4 is 34.6 Å². The summed E-state index contributed by atoms with van der Waals surface area (Å²) in [6, 6.07) is 13.6. The van der Waals surface area contributed by atoms with Crippen LogP contribution < -0.4 is 14.4 Å². The zero-order chi connectivity index (χ0) is 19.5. The van der Waals surface area contributed by atoms with E-state index in [2.05, 4.69) is 11.9 Å². The molecule has 1 amide bonds. The zero-order valence-corrected chi connectivity index (χ0v) is 16.8. The van der Waals surface area contributed by atoms with Crippen LogP contribution in [0.3, 0.4) is 0 Å². The number of aryl methyl sites for hydroxylation is 1. The average Bonchev–Trinajstić information content (AvgIpc) is 3.28. The highest BCUT2D eigenvalue weighted by molar-refractivity contribution is 8.14. The average molecular weight is 394 g/mol. The van der Waals surface area contributed by atoms with Gasteiger partial charge >= 0.3 is 0 Å². The van der Waals surface area contributed by atoms with Crippen LogP contribution in [-0.4, -0.2) is 23.6 Å². The first-order chi connectivity index (χ1) is 13.7. The number of fused-ring (bicyclic) bond motifs is 1. The standard InChI is InChI=1S/C22H22N2O3S/c1-3-4-11-28-22-23-18(12-16-7-10-19-20(13-16)27-14-26-19)21(25)24(22)17-8-5-15(2)6-9-17/h5-10,12-13H,3-4,11,14H2,1-2H3/b18-12+. The zero-order valence-electron chi connectivity index (χ0n) is 16.0. The van der Waals surface area contributed by atoms with Crippen molar-refractivity contribution in [1.82, 2.24) is 0 Å². The molecular weight excluding hydrogens is 372 g/mol. The number of thioether (sulfide) groups is 1. The van der Waals surface area contributed by atoms with Gasteiger partial charge in [0.05, 0.1) is 5.69 Å². The number of benzene rings is 2. The lowest BCUT2D eigenvalue weighted by molar-refractivity contribution is -0.113. The van der Waals surface area contributed by atoms with Gasteiger partial charge in [0.15, 0.2) is 16.7 Å². The molecule has 6 heteroatoms. The molecule has 0 atom stereocenters. The Morgan fingerprint density at radius 1 is 1.14 bits per heavy atom. The number of unbranched alkanes of at least 4 members (excludes halogenated alkanes) is 1. The van der Waals surface area contributed by atoms with Gasteiger partial charge in [-0.15, -0.1) is 0 Å². The number of ether oxygens (including phenoxy) is 2. The number of hydrogen-bond donors (Lipinski definition) is 0. The molecule has 0 saturated carbocycles. The Balaban J connectivity index is 1.65. The van der Waals surface area contributed by atoms with Crippen LogP contribution >= 0.6 is 11.8 Å². The van der Waals surface area contributed by atoms with Gasteiger partial charge in [-0.05, 0) is 49.2 Å². The molecule has 144 valence electrons. The topological polar surface area (TPSA) is 51.1 Å². The second-order valence-corrected chi connectivity index (χ2v) is 7.78. The number of amidine groups is 1. The molecule has 0 radical (unpaired) electrons. The molecule has 2 heterocycles. The number of nitrogens with zero attached hydrogens (tertiary/aromatic N) is 2. The van der Waals surface area contributed by atoms with Crippen molar-refractivity contribution < 1.29 is 14.3 Å². The maximum absolute atomic E-state index is 13.1. The van der Waals surface area contributed by atoms with Crippen LogP contribution in [-0.2, 0) is 4.79 Å². The molecule has 0 spiro atoms. The molecule has 0 bridgehead atoms.